The molecule has 0 aromatic heterocycles. The Balaban J connectivity index is -0.000000608. The summed E-state index contributed by atoms with van der Waals surface area (Å²) in [6, 6.07) is 0. The maximum atomic E-state index is 3.13. The van der Waals surface area contributed by atoms with Gasteiger partial charge in [0.05, 0.1) is 0 Å². The number of nitrogens with zero attached hydrogens (tertiary/aromatic N) is 2. The molecule has 0 saturated carbocycles. The van der Waals surface area contributed by atoms with Crippen LogP contribution >= 0.6 is 0 Å². The van der Waals surface area contributed by atoms with E-state index in [1.165, 1.54) is 161 Å². The van der Waals surface area contributed by atoms with Gasteiger partial charge in [-0.2, -0.15) is 0 Å². The zero-order chi connectivity index (χ0) is 27.3. The Morgan fingerprint density at radius 1 is 0.405 bits per heavy atom. The van der Waals surface area contributed by atoms with Crippen LogP contribution in [0.15, 0.2) is 0 Å². The van der Waals surface area contributed by atoms with E-state index in [1.54, 1.807) is 0 Å². The van der Waals surface area contributed by atoms with E-state index in [-0.39, 0.29) is 19.5 Å². The van der Waals surface area contributed by atoms with E-state index in [2.05, 4.69) is 101 Å². The zero-order valence-electron chi connectivity index (χ0n) is 25.2. The summed E-state index contributed by atoms with van der Waals surface area (Å²) in [6.45, 7) is 14.0. The van der Waals surface area contributed by atoms with Gasteiger partial charge in [-0.15, -0.1) is 0 Å². The van der Waals surface area contributed by atoms with Crippen molar-refractivity contribution in [1.82, 2.24) is 9.80 Å². The fourth-order valence-electron chi connectivity index (χ4n) is 4.21. The van der Waals surface area contributed by atoms with Gasteiger partial charge >= 0.3 is 282 Å². The van der Waals surface area contributed by atoms with Crippen LogP contribution in [0.3, 0.4) is 0 Å². The largest absolute Gasteiger partial charge is 2.00 e. The molecule has 0 fully saturated rings. The minimum atomic E-state index is 0. The average Bonchev–Trinajstić information content (AvgIpc) is 2.85. The second kappa shape index (κ2) is 36.1. The van der Waals surface area contributed by atoms with Crippen molar-refractivity contribution >= 4 is 70.1 Å². The van der Waals surface area contributed by atoms with Crippen molar-refractivity contribution < 1.29 is 19.5 Å². The summed E-state index contributed by atoms with van der Waals surface area (Å²) in [7, 11) is 0. The summed E-state index contributed by atoms with van der Waals surface area (Å²) in [4.78, 5) is 4.97. The second-order valence-electron chi connectivity index (χ2n) is 10.2. The van der Waals surface area contributed by atoms with E-state index in [4.69, 9.17) is 0 Å². The molecule has 216 valence electrons. The van der Waals surface area contributed by atoms with Crippen LogP contribution < -0.4 is 0 Å². The third-order valence-electron chi connectivity index (χ3n) is 6.64. The van der Waals surface area contributed by atoms with Crippen LogP contribution in [0.2, 0.25) is 0 Å². The summed E-state index contributed by atoms with van der Waals surface area (Å²) in [5.41, 5.74) is 0. The minimum absolute atomic E-state index is 0. The predicted octanol–water partition coefficient (Wildman–Crippen LogP) is 7.30. The standard InChI is InChI=1S/2C15H31NSe2.Zn/c2*1-3-5-7-9-11-13-16(15(17)18)14-12-10-8-6-4-2;/h2*3-14H2,1-2H3,(H,17,18);/q;;+2/p-2. The van der Waals surface area contributed by atoms with Gasteiger partial charge < -0.3 is 0 Å². The summed E-state index contributed by atoms with van der Waals surface area (Å²) in [5.74, 6) is 0. The van der Waals surface area contributed by atoms with E-state index in [1.807, 2.05) is 0 Å². The molecule has 0 atom stereocenters. The van der Waals surface area contributed by atoms with Gasteiger partial charge in [-0.1, -0.05) is 0 Å². The van der Waals surface area contributed by atoms with Gasteiger partial charge in [0.2, 0.25) is 0 Å². The van der Waals surface area contributed by atoms with E-state index in [0.29, 0.717) is 0 Å². The van der Waals surface area contributed by atoms with Gasteiger partial charge in [0.15, 0.2) is 0 Å². The molecule has 37 heavy (non-hydrogen) atoms. The third kappa shape index (κ3) is 34.1. The van der Waals surface area contributed by atoms with Crippen LogP contribution in [-0.4, -0.2) is 106 Å². The van der Waals surface area contributed by atoms with E-state index < -0.39 is 0 Å². The first kappa shape index (κ1) is 43.5. The molecule has 0 aromatic carbocycles. The van der Waals surface area contributed by atoms with Crippen molar-refractivity contribution in [2.45, 2.75) is 156 Å². The Morgan fingerprint density at radius 2 is 0.595 bits per heavy atom. The summed E-state index contributed by atoms with van der Waals surface area (Å²) in [5, 5.41) is 0. The Kier molecular flexibility index (Phi) is 42.4. The molecule has 0 spiro atoms. The molecule has 0 amide bonds. The molecule has 0 unspecified atom stereocenters. The molecule has 0 radical (unpaired) electrons. The van der Waals surface area contributed by atoms with Gasteiger partial charge in [0.25, 0.3) is 0 Å². The number of rotatable bonds is 26. The monoisotopic (exact) mass is 832 g/mol. The Hall–Kier alpha value is 2.04. The van der Waals surface area contributed by atoms with Gasteiger partial charge in [-0.25, -0.2) is 0 Å². The second-order valence-corrected chi connectivity index (χ2v) is 16.0. The first-order valence-corrected chi connectivity index (χ1v) is 18.8. The number of unbranched alkanes of at least 4 members (excludes halogenated alkanes) is 16. The molecule has 0 bridgehead atoms. The van der Waals surface area contributed by atoms with Crippen LogP contribution in [0.5, 0.6) is 0 Å². The normalized spacial score (nSPS) is 10.3. The quantitative estimate of drug-likeness (QED) is 0.0668. The van der Waals surface area contributed by atoms with Crippen molar-refractivity contribution in [3.8, 4) is 0 Å². The van der Waals surface area contributed by atoms with E-state index >= 15 is 0 Å². The molecular formula is C30H60N2Se4Zn. The van der Waals surface area contributed by atoms with Crippen molar-refractivity contribution in [3.63, 3.8) is 0 Å². The summed E-state index contributed by atoms with van der Waals surface area (Å²) in [6.07, 6.45) is 27.4. The van der Waals surface area contributed by atoms with Crippen molar-refractivity contribution in [3.05, 3.63) is 0 Å². The van der Waals surface area contributed by atoms with Crippen LogP contribution in [0, 0.1) is 0 Å². The molecule has 0 rings (SSSR count). The van der Waals surface area contributed by atoms with Gasteiger partial charge in [-0.3, -0.25) is 0 Å². The van der Waals surface area contributed by atoms with Crippen molar-refractivity contribution in [2.24, 2.45) is 0 Å². The molecule has 0 saturated heterocycles. The predicted molar refractivity (Wildman–Crippen MR) is 171 cm³/mol. The van der Waals surface area contributed by atoms with Gasteiger partial charge in [0.1, 0.15) is 0 Å². The SMILES string of the molecule is CCCCCCCN(CCCCCCC)C(=[Se])[Se-].CCCCCCCN(CCCCCCC)C(=[Se])[Se-].[Zn+2]. The molecule has 0 aliphatic heterocycles. The Labute approximate surface area is 279 Å². The van der Waals surface area contributed by atoms with Crippen LogP contribution in [-0.2, 0) is 19.5 Å². The minimum Gasteiger partial charge on any atom is 2.00 e. The molecule has 0 N–H and O–H groups in total. The Bertz CT molecular complexity index is 410. The number of hydrogen-bond donors (Lipinski definition) is 0. The van der Waals surface area contributed by atoms with Crippen LogP contribution in [0.1, 0.15) is 156 Å². The van der Waals surface area contributed by atoms with Gasteiger partial charge in [0, 0.05) is 0 Å². The van der Waals surface area contributed by atoms with Crippen molar-refractivity contribution in [1.29, 1.82) is 0 Å². The van der Waals surface area contributed by atoms with Crippen LogP contribution in [0.25, 0.3) is 0 Å². The molecule has 2 nitrogen and oxygen atoms in total. The third-order valence-corrected chi connectivity index (χ3v) is 8.81. The van der Waals surface area contributed by atoms with E-state index in [9.17, 15) is 0 Å². The first-order chi connectivity index (χ1) is 17.4. The zero-order valence-corrected chi connectivity index (χ0v) is 35.0. The van der Waals surface area contributed by atoms with Gasteiger partial charge in [-0.05, 0) is 0 Å². The average molecular weight is 830 g/mol. The smallest absolute Gasteiger partial charge is 2.00 e. The Morgan fingerprint density at radius 3 is 0.757 bits per heavy atom. The van der Waals surface area contributed by atoms with E-state index in [0.717, 1.165) is 0 Å². The summed E-state index contributed by atoms with van der Waals surface area (Å²) < 4.78 is 2.50. The maximum Gasteiger partial charge on any atom is 2.00 e. The fourth-order valence-corrected chi connectivity index (χ4v) is 5.75. The molecule has 0 aromatic rings. The molecule has 0 heterocycles. The fraction of sp³-hybridized carbons (Fsp3) is 0.933. The maximum absolute atomic E-state index is 3.13. The molecule has 0 aliphatic carbocycles. The van der Waals surface area contributed by atoms with Crippen LogP contribution in [0.4, 0.5) is 0 Å². The molecule has 7 heteroatoms. The molecule has 0 aliphatic rings. The number of hydrogen-bond acceptors (Lipinski definition) is 2. The topological polar surface area (TPSA) is 6.48 Å². The first-order valence-electron chi connectivity index (χ1n) is 15.4. The molecular weight excluding hydrogens is 770 g/mol. The van der Waals surface area contributed by atoms with Crippen molar-refractivity contribution in [2.75, 3.05) is 26.2 Å². The summed E-state index contributed by atoms with van der Waals surface area (Å²) >= 11 is 12.5.